The van der Waals surface area contributed by atoms with Crippen molar-refractivity contribution in [1.82, 2.24) is 10.2 Å². The average molecular weight is 581 g/mol. The molecule has 2 aliphatic rings. The van der Waals surface area contributed by atoms with Gasteiger partial charge in [0.25, 0.3) is 11.1 Å². The number of rotatable bonds is 11. The largest absolute Gasteiger partial charge is 0.489 e. The Bertz CT molecular complexity index is 1350. The molecule has 8 nitrogen and oxygen atoms in total. The maximum atomic E-state index is 12.1. The summed E-state index contributed by atoms with van der Waals surface area (Å²) in [5, 5.41) is 10.8. The highest BCUT2D eigenvalue weighted by Crippen LogP contribution is 2.41. The van der Waals surface area contributed by atoms with E-state index in [-0.39, 0.29) is 11.1 Å². The smallest absolute Gasteiger partial charge is 0.404 e. The summed E-state index contributed by atoms with van der Waals surface area (Å²) in [5.74, 6) is 1.43. The Kier molecular flexibility index (Phi) is 9.68. The minimum atomic E-state index is -0.958. The number of hydrogen-bond acceptors (Lipinski definition) is 6. The molecule has 0 aliphatic carbocycles. The Hall–Kier alpha value is -3.46. The third-order valence-electron chi connectivity index (χ3n) is 8.13. The van der Waals surface area contributed by atoms with Crippen LogP contribution in [0.1, 0.15) is 72.4 Å². The third-order valence-corrected chi connectivity index (χ3v) is 9.09. The summed E-state index contributed by atoms with van der Waals surface area (Å²) in [7, 11) is 1.49. The molecular formula is C32H40N2O6S. The van der Waals surface area contributed by atoms with Crippen LogP contribution in [0.15, 0.2) is 29.2 Å². The predicted molar refractivity (Wildman–Crippen MR) is 162 cm³/mol. The number of thioether (sulfide) groups is 1. The van der Waals surface area contributed by atoms with Gasteiger partial charge in [-0.25, -0.2) is 4.79 Å². The molecule has 0 spiro atoms. The van der Waals surface area contributed by atoms with Crippen molar-refractivity contribution in [3.63, 3.8) is 0 Å². The zero-order chi connectivity index (χ0) is 29.7. The SMILES string of the molecule is Cc1c(C)c2c(c(C)c1CCCCCCNC(=O)O)CCC(C)(COc1ccc(/C=C3/SC(=O)N(C)C3=O)cc1)O2. The zero-order valence-electron chi connectivity index (χ0n) is 24.6. The quantitative estimate of drug-likeness (QED) is 0.222. The highest BCUT2D eigenvalue weighted by Gasteiger charge is 2.35. The van der Waals surface area contributed by atoms with E-state index in [9.17, 15) is 14.4 Å². The normalized spacial score (nSPS) is 19.3. The van der Waals surface area contributed by atoms with Crippen molar-refractivity contribution in [2.75, 3.05) is 20.2 Å². The average Bonchev–Trinajstić information content (AvgIpc) is 3.18. The van der Waals surface area contributed by atoms with E-state index in [4.69, 9.17) is 14.6 Å². The van der Waals surface area contributed by atoms with Crippen LogP contribution in [0.3, 0.4) is 0 Å². The number of fused-ring (bicyclic) bond motifs is 1. The zero-order valence-corrected chi connectivity index (χ0v) is 25.4. The summed E-state index contributed by atoms with van der Waals surface area (Å²) >= 11 is 0.948. The summed E-state index contributed by atoms with van der Waals surface area (Å²) in [6.45, 7) is 9.56. The van der Waals surface area contributed by atoms with Crippen molar-refractivity contribution in [2.45, 2.75) is 78.2 Å². The Morgan fingerprint density at radius 3 is 2.46 bits per heavy atom. The maximum Gasteiger partial charge on any atom is 0.404 e. The molecule has 41 heavy (non-hydrogen) atoms. The number of carbonyl (C=O) groups is 3. The van der Waals surface area contributed by atoms with E-state index in [0.717, 1.165) is 78.7 Å². The molecule has 0 radical (unpaired) electrons. The van der Waals surface area contributed by atoms with Gasteiger partial charge in [0.2, 0.25) is 0 Å². The van der Waals surface area contributed by atoms with E-state index in [1.807, 2.05) is 24.3 Å². The van der Waals surface area contributed by atoms with Crippen molar-refractivity contribution in [3.05, 3.63) is 62.6 Å². The molecule has 4 rings (SSSR count). The number of carboxylic acid groups (broad SMARTS) is 1. The maximum absolute atomic E-state index is 12.1. The second-order valence-electron chi connectivity index (χ2n) is 11.2. The second-order valence-corrected chi connectivity index (χ2v) is 12.2. The van der Waals surface area contributed by atoms with E-state index >= 15 is 0 Å². The minimum Gasteiger partial charge on any atom is -0.489 e. The Morgan fingerprint density at radius 2 is 1.80 bits per heavy atom. The number of benzene rings is 2. The lowest BCUT2D eigenvalue weighted by Crippen LogP contribution is -2.42. The molecule has 9 heteroatoms. The number of carbonyl (C=O) groups excluding carboxylic acids is 2. The summed E-state index contributed by atoms with van der Waals surface area (Å²) in [6.07, 6.45) is 7.61. The van der Waals surface area contributed by atoms with Gasteiger partial charge >= 0.3 is 6.09 Å². The molecule has 2 aliphatic heterocycles. The van der Waals surface area contributed by atoms with Crippen LogP contribution >= 0.6 is 11.8 Å². The van der Waals surface area contributed by atoms with E-state index < -0.39 is 11.7 Å². The number of imide groups is 1. The molecule has 0 bridgehead atoms. The number of unbranched alkanes of at least 4 members (excludes halogenated alkanes) is 3. The number of nitrogens with one attached hydrogen (secondary N) is 1. The highest BCUT2D eigenvalue weighted by atomic mass is 32.2. The summed E-state index contributed by atoms with van der Waals surface area (Å²) < 4.78 is 12.8. The van der Waals surface area contributed by atoms with E-state index in [1.165, 1.54) is 34.9 Å². The molecule has 220 valence electrons. The Labute approximate surface area is 246 Å². The number of hydrogen-bond donors (Lipinski definition) is 2. The summed E-state index contributed by atoms with van der Waals surface area (Å²) in [4.78, 5) is 36.0. The first-order valence-corrected chi connectivity index (χ1v) is 15.0. The molecule has 3 amide bonds. The lowest BCUT2D eigenvalue weighted by Gasteiger charge is -2.38. The first-order valence-electron chi connectivity index (χ1n) is 14.2. The van der Waals surface area contributed by atoms with Gasteiger partial charge in [0.15, 0.2) is 0 Å². The van der Waals surface area contributed by atoms with Gasteiger partial charge in [-0.05, 0) is 123 Å². The van der Waals surface area contributed by atoms with Crippen LogP contribution in [-0.4, -0.2) is 53.0 Å². The monoisotopic (exact) mass is 580 g/mol. The standard InChI is InChI=1S/C32H40N2O6S/c1-20-21(2)28-26(22(3)25(20)10-8-6-7-9-17-33-30(36)37)15-16-32(4,40-28)19-39-24-13-11-23(12-14-24)18-27-29(35)34(5)31(38)41-27/h11-14,18,33H,6-10,15-17,19H2,1-5H3,(H,36,37)/b27-18+. The molecule has 2 heterocycles. The van der Waals surface area contributed by atoms with Crippen molar-refractivity contribution < 1.29 is 29.0 Å². The third kappa shape index (κ3) is 7.25. The molecule has 2 aromatic carbocycles. The number of likely N-dealkylation sites (N-methyl/N-ethyl adjacent to an activating group) is 1. The molecular weight excluding hydrogens is 540 g/mol. The predicted octanol–water partition coefficient (Wildman–Crippen LogP) is 6.81. The molecule has 1 atom stereocenters. The lowest BCUT2D eigenvalue weighted by molar-refractivity contribution is -0.121. The van der Waals surface area contributed by atoms with E-state index in [1.54, 1.807) is 6.08 Å². The molecule has 0 saturated carbocycles. The molecule has 1 unspecified atom stereocenters. The molecule has 1 fully saturated rings. The van der Waals surface area contributed by atoms with Gasteiger partial charge in [-0.1, -0.05) is 25.0 Å². The first-order chi connectivity index (χ1) is 19.5. The van der Waals surface area contributed by atoms with Crippen molar-refractivity contribution in [2.24, 2.45) is 0 Å². The number of amides is 3. The van der Waals surface area contributed by atoms with Crippen LogP contribution in [0.2, 0.25) is 0 Å². The van der Waals surface area contributed by atoms with Gasteiger partial charge in [0, 0.05) is 13.6 Å². The topological polar surface area (TPSA) is 105 Å². The molecule has 0 aromatic heterocycles. The minimum absolute atomic E-state index is 0.264. The fourth-order valence-corrected chi connectivity index (χ4v) is 6.26. The van der Waals surface area contributed by atoms with E-state index in [0.29, 0.717) is 18.1 Å². The Balaban J connectivity index is 1.35. The molecule has 2 N–H and O–H groups in total. The van der Waals surface area contributed by atoms with Gasteiger partial charge in [-0.2, -0.15) is 0 Å². The van der Waals surface area contributed by atoms with Gasteiger partial charge in [0.05, 0.1) is 4.91 Å². The van der Waals surface area contributed by atoms with Gasteiger partial charge < -0.3 is 19.9 Å². The lowest BCUT2D eigenvalue weighted by atomic mass is 9.84. The van der Waals surface area contributed by atoms with Crippen molar-refractivity contribution >= 4 is 35.1 Å². The van der Waals surface area contributed by atoms with Gasteiger partial charge in [-0.15, -0.1) is 0 Å². The highest BCUT2D eigenvalue weighted by molar-refractivity contribution is 8.18. The van der Waals surface area contributed by atoms with Crippen LogP contribution in [0.5, 0.6) is 11.5 Å². The van der Waals surface area contributed by atoms with Gasteiger partial charge in [-0.3, -0.25) is 14.5 Å². The Morgan fingerprint density at radius 1 is 1.10 bits per heavy atom. The summed E-state index contributed by atoms with van der Waals surface area (Å²) in [6, 6.07) is 7.50. The van der Waals surface area contributed by atoms with Crippen LogP contribution in [0, 0.1) is 20.8 Å². The molecule has 2 aromatic rings. The van der Waals surface area contributed by atoms with Crippen LogP contribution in [-0.2, 0) is 17.6 Å². The number of nitrogens with zero attached hydrogens (tertiary/aromatic N) is 1. The first kappa shape index (κ1) is 30.5. The fourth-order valence-electron chi connectivity index (χ4n) is 5.43. The molecule has 1 saturated heterocycles. The second kappa shape index (κ2) is 13.0. The number of ether oxygens (including phenoxy) is 2. The van der Waals surface area contributed by atoms with Crippen molar-refractivity contribution in [1.29, 1.82) is 0 Å². The van der Waals surface area contributed by atoms with Crippen LogP contribution < -0.4 is 14.8 Å². The van der Waals surface area contributed by atoms with Crippen molar-refractivity contribution in [3.8, 4) is 11.5 Å². The fraction of sp³-hybridized carbons (Fsp3) is 0.469. The van der Waals surface area contributed by atoms with E-state index in [2.05, 4.69) is 33.0 Å². The van der Waals surface area contributed by atoms with Gasteiger partial charge in [0.1, 0.15) is 23.7 Å². The van der Waals surface area contributed by atoms with Crippen LogP contribution in [0.4, 0.5) is 9.59 Å². The summed E-state index contributed by atoms with van der Waals surface area (Å²) in [5.41, 5.74) is 6.89. The van der Waals surface area contributed by atoms with Crippen LogP contribution in [0.25, 0.3) is 6.08 Å².